The lowest BCUT2D eigenvalue weighted by molar-refractivity contribution is -0.113. The number of hydrogen-bond donors (Lipinski definition) is 1. The van der Waals surface area contributed by atoms with Gasteiger partial charge in [-0.15, -0.1) is 0 Å². The van der Waals surface area contributed by atoms with E-state index in [0.29, 0.717) is 10.6 Å². The number of fused-ring (bicyclic) bond motifs is 1. The molecule has 0 aliphatic carbocycles. The topological polar surface area (TPSA) is 44.8 Å². The molecule has 2 aromatic rings. The summed E-state index contributed by atoms with van der Waals surface area (Å²) in [5, 5.41) is 3.63. The zero-order valence-electron chi connectivity index (χ0n) is 15.2. The standard InChI is InChI=1S/C21H22ClN3O2/c1-24-8-10-25(11-9-24)19-7-6-17(22)13-18(19)23-21(26)16-12-15-4-2-3-5-20(15)27-14-16/h2-7,12-13H,8-11,14H2,1H3,(H,23,26). The van der Waals surface area contributed by atoms with Crippen molar-refractivity contribution in [3.63, 3.8) is 0 Å². The van der Waals surface area contributed by atoms with Crippen LogP contribution in [0.25, 0.3) is 6.08 Å². The van der Waals surface area contributed by atoms with Crippen LogP contribution in [0.5, 0.6) is 5.75 Å². The third-order valence-electron chi connectivity index (χ3n) is 4.97. The molecule has 2 aliphatic rings. The molecule has 4 rings (SSSR count). The summed E-state index contributed by atoms with van der Waals surface area (Å²) in [4.78, 5) is 17.4. The molecule has 1 fully saturated rings. The molecule has 140 valence electrons. The Morgan fingerprint density at radius 3 is 2.70 bits per heavy atom. The number of para-hydroxylation sites is 1. The molecular weight excluding hydrogens is 362 g/mol. The number of benzene rings is 2. The second-order valence-corrected chi connectivity index (χ2v) is 7.34. The summed E-state index contributed by atoms with van der Waals surface area (Å²) in [7, 11) is 2.12. The first kappa shape index (κ1) is 17.9. The lowest BCUT2D eigenvalue weighted by Gasteiger charge is -2.35. The number of ether oxygens (including phenoxy) is 1. The van der Waals surface area contributed by atoms with Crippen LogP contribution in [0.2, 0.25) is 5.02 Å². The van der Waals surface area contributed by atoms with E-state index in [4.69, 9.17) is 16.3 Å². The van der Waals surface area contributed by atoms with Crippen molar-refractivity contribution >= 4 is 35.0 Å². The number of nitrogens with zero attached hydrogens (tertiary/aromatic N) is 2. The van der Waals surface area contributed by atoms with Gasteiger partial charge in [-0.2, -0.15) is 0 Å². The van der Waals surface area contributed by atoms with Crippen LogP contribution in [0.4, 0.5) is 11.4 Å². The van der Waals surface area contributed by atoms with E-state index in [-0.39, 0.29) is 12.5 Å². The summed E-state index contributed by atoms with van der Waals surface area (Å²) in [5.41, 5.74) is 3.24. The summed E-state index contributed by atoms with van der Waals surface area (Å²) < 4.78 is 5.71. The van der Waals surface area contributed by atoms with Crippen molar-refractivity contribution in [2.45, 2.75) is 0 Å². The molecule has 2 heterocycles. The number of rotatable bonds is 3. The molecule has 0 aromatic heterocycles. The highest BCUT2D eigenvalue weighted by atomic mass is 35.5. The summed E-state index contributed by atoms with van der Waals surface area (Å²) >= 11 is 6.20. The fourth-order valence-electron chi connectivity index (χ4n) is 3.38. The van der Waals surface area contributed by atoms with Crippen LogP contribution in [0.1, 0.15) is 5.56 Å². The van der Waals surface area contributed by atoms with Gasteiger partial charge < -0.3 is 19.9 Å². The van der Waals surface area contributed by atoms with Crippen LogP contribution in [-0.4, -0.2) is 50.6 Å². The molecule has 0 saturated carbocycles. The molecular formula is C21H22ClN3O2. The number of hydrogen-bond acceptors (Lipinski definition) is 4. The van der Waals surface area contributed by atoms with Crippen LogP contribution >= 0.6 is 11.6 Å². The summed E-state index contributed by atoms with van der Waals surface area (Å²) in [6.45, 7) is 4.07. The maximum absolute atomic E-state index is 12.8. The number of nitrogens with one attached hydrogen (secondary N) is 1. The Labute approximate surface area is 164 Å². The van der Waals surface area contributed by atoms with Gasteiger partial charge in [0.05, 0.1) is 16.9 Å². The Bertz CT molecular complexity index is 889. The van der Waals surface area contributed by atoms with Gasteiger partial charge >= 0.3 is 0 Å². The largest absolute Gasteiger partial charge is 0.488 e. The van der Waals surface area contributed by atoms with Crippen LogP contribution in [0, 0.1) is 0 Å². The molecule has 0 unspecified atom stereocenters. The monoisotopic (exact) mass is 383 g/mol. The Morgan fingerprint density at radius 2 is 1.89 bits per heavy atom. The van der Waals surface area contributed by atoms with Crippen molar-refractivity contribution in [1.29, 1.82) is 0 Å². The predicted octanol–water partition coefficient (Wildman–Crippen LogP) is 3.51. The second kappa shape index (κ2) is 7.62. The molecule has 6 heteroatoms. The molecule has 0 spiro atoms. The zero-order chi connectivity index (χ0) is 18.8. The minimum absolute atomic E-state index is 0.165. The molecule has 2 aromatic carbocycles. The zero-order valence-corrected chi connectivity index (χ0v) is 16.0. The normalized spacial score (nSPS) is 17.0. The van der Waals surface area contributed by atoms with E-state index in [1.54, 1.807) is 0 Å². The maximum atomic E-state index is 12.8. The maximum Gasteiger partial charge on any atom is 0.255 e. The Kier molecular flexibility index (Phi) is 5.05. The Balaban J connectivity index is 1.56. The number of piperazine rings is 1. The molecule has 0 atom stereocenters. The van der Waals surface area contributed by atoms with E-state index in [9.17, 15) is 4.79 Å². The van der Waals surface area contributed by atoms with Crippen LogP contribution in [-0.2, 0) is 4.79 Å². The van der Waals surface area contributed by atoms with Crippen LogP contribution < -0.4 is 15.0 Å². The van der Waals surface area contributed by atoms with E-state index in [1.165, 1.54) is 0 Å². The van der Waals surface area contributed by atoms with Crippen molar-refractivity contribution in [3.05, 3.63) is 58.6 Å². The fraction of sp³-hybridized carbons (Fsp3) is 0.286. The molecule has 1 N–H and O–H groups in total. The third kappa shape index (κ3) is 3.94. The molecule has 27 heavy (non-hydrogen) atoms. The highest BCUT2D eigenvalue weighted by molar-refractivity contribution is 6.31. The lowest BCUT2D eigenvalue weighted by Crippen LogP contribution is -2.44. The van der Waals surface area contributed by atoms with Crippen LogP contribution in [0.15, 0.2) is 48.0 Å². The van der Waals surface area contributed by atoms with Gasteiger partial charge in [0.2, 0.25) is 0 Å². The molecule has 5 nitrogen and oxygen atoms in total. The first-order valence-electron chi connectivity index (χ1n) is 9.07. The fourth-order valence-corrected chi connectivity index (χ4v) is 3.55. The lowest BCUT2D eigenvalue weighted by atomic mass is 10.1. The van der Waals surface area contributed by atoms with Gasteiger partial charge in [0.15, 0.2) is 0 Å². The minimum Gasteiger partial charge on any atom is -0.488 e. The smallest absolute Gasteiger partial charge is 0.255 e. The summed E-state index contributed by atoms with van der Waals surface area (Å²) in [6.07, 6.45) is 1.88. The third-order valence-corrected chi connectivity index (χ3v) is 5.21. The Morgan fingerprint density at radius 1 is 1.11 bits per heavy atom. The molecule has 0 bridgehead atoms. The first-order valence-corrected chi connectivity index (χ1v) is 9.45. The number of anilines is 2. The van der Waals surface area contributed by atoms with Crippen molar-refractivity contribution in [2.24, 2.45) is 0 Å². The number of halogens is 1. The number of amides is 1. The van der Waals surface area contributed by atoms with E-state index < -0.39 is 0 Å². The predicted molar refractivity (Wildman–Crippen MR) is 110 cm³/mol. The average Bonchev–Trinajstić information content (AvgIpc) is 2.68. The highest BCUT2D eigenvalue weighted by Crippen LogP contribution is 2.31. The molecule has 1 saturated heterocycles. The summed E-state index contributed by atoms with van der Waals surface area (Å²) in [6, 6.07) is 13.4. The SMILES string of the molecule is CN1CCN(c2ccc(Cl)cc2NC(=O)C2=Cc3ccccc3OC2)CC1. The van der Waals surface area contributed by atoms with Gasteiger partial charge in [-0.05, 0) is 37.4 Å². The molecule has 1 amide bonds. The van der Waals surface area contributed by atoms with Gasteiger partial charge in [-0.3, -0.25) is 4.79 Å². The molecule has 2 aliphatic heterocycles. The average molecular weight is 384 g/mol. The van der Waals surface area contributed by atoms with Crippen LogP contribution in [0.3, 0.4) is 0 Å². The van der Waals surface area contributed by atoms with Gasteiger partial charge in [-0.1, -0.05) is 29.8 Å². The van der Waals surface area contributed by atoms with E-state index in [0.717, 1.165) is 48.9 Å². The summed E-state index contributed by atoms with van der Waals surface area (Å²) in [5.74, 6) is 0.636. The number of carbonyl (C=O) groups excluding carboxylic acids is 1. The van der Waals surface area contributed by atoms with E-state index >= 15 is 0 Å². The van der Waals surface area contributed by atoms with Crippen molar-refractivity contribution < 1.29 is 9.53 Å². The number of likely N-dealkylation sites (N-methyl/N-ethyl adjacent to an activating group) is 1. The first-order chi connectivity index (χ1) is 13.1. The Hall–Kier alpha value is -2.50. The van der Waals surface area contributed by atoms with Crippen molar-refractivity contribution in [1.82, 2.24) is 4.90 Å². The molecule has 0 radical (unpaired) electrons. The minimum atomic E-state index is -0.165. The second-order valence-electron chi connectivity index (χ2n) is 6.90. The van der Waals surface area contributed by atoms with Gasteiger partial charge in [0.1, 0.15) is 12.4 Å². The van der Waals surface area contributed by atoms with Gasteiger partial charge in [-0.25, -0.2) is 0 Å². The number of carbonyl (C=O) groups is 1. The van der Waals surface area contributed by atoms with Gasteiger partial charge in [0, 0.05) is 36.8 Å². The van der Waals surface area contributed by atoms with E-state index in [2.05, 4.69) is 22.2 Å². The highest BCUT2D eigenvalue weighted by Gasteiger charge is 2.21. The van der Waals surface area contributed by atoms with Gasteiger partial charge in [0.25, 0.3) is 5.91 Å². The van der Waals surface area contributed by atoms with E-state index in [1.807, 2.05) is 48.5 Å². The quantitative estimate of drug-likeness (QED) is 0.881. The van der Waals surface area contributed by atoms with Crippen molar-refractivity contribution in [3.8, 4) is 5.75 Å². The van der Waals surface area contributed by atoms with Crippen molar-refractivity contribution in [2.75, 3.05) is 50.1 Å².